The van der Waals surface area contributed by atoms with Crippen LogP contribution in [0.1, 0.15) is 0 Å². The molecule has 2 rings (SSSR count). The first-order valence-electron chi connectivity index (χ1n) is 4.02. The Morgan fingerprint density at radius 2 is 2.00 bits per heavy atom. The molecular formula is C8H6N4O3. The van der Waals surface area contributed by atoms with E-state index in [4.69, 9.17) is 5.11 Å². The predicted octanol–water partition coefficient (Wildman–Crippen LogP) is 0.881. The Morgan fingerprint density at radius 1 is 1.33 bits per heavy atom. The van der Waals surface area contributed by atoms with Crippen molar-refractivity contribution in [3.63, 3.8) is 0 Å². The van der Waals surface area contributed by atoms with E-state index < -0.39 is 4.92 Å². The molecule has 7 heteroatoms. The minimum absolute atomic E-state index is 0.00286. The highest BCUT2D eigenvalue weighted by Crippen LogP contribution is 2.14. The number of aromatic hydroxyl groups is 1. The number of hydrogen-bond donors (Lipinski definition) is 1. The Labute approximate surface area is 83.8 Å². The highest BCUT2D eigenvalue weighted by molar-refractivity contribution is 5.40. The molecule has 1 heterocycles. The van der Waals surface area contributed by atoms with E-state index in [0.717, 1.165) is 0 Å². The molecule has 0 aliphatic heterocycles. The first kappa shape index (κ1) is 9.13. The summed E-state index contributed by atoms with van der Waals surface area (Å²) in [6.45, 7) is 0. The topological polar surface area (TPSA) is 94.1 Å². The lowest BCUT2D eigenvalue weighted by Gasteiger charge is -1.98. The Balaban J connectivity index is 2.35. The second-order valence-corrected chi connectivity index (χ2v) is 2.76. The fraction of sp³-hybridized carbons (Fsp3) is 0. The number of non-ortho nitro benzene ring substituents is 1. The standard InChI is InChI=1S/C8H6N4O3/c13-8-9-5-11(10-8)6-1-3-7(4-2-6)12(14)15/h1-5H,(H,10,13). The third-order valence-electron chi connectivity index (χ3n) is 1.80. The van der Waals surface area contributed by atoms with Crippen LogP contribution in [0.25, 0.3) is 5.69 Å². The second-order valence-electron chi connectivity index (χ2n) is 2.76. The molecule has 0 aliphatic carbocycles. The molecule has 7 nitrogen and oxygen atoms in total. The summed E-state index contributed by atoms with van der Waals surface area (Å²) in [6.07, 6.45) is 1.32. The molecule has 2 aromatic rings. The zero-order valence-electron chi connectivity index (χ0n) is 7.44. The quantitative estimate of drug-likeness (QED) is 0.581. The zero-order chi connectivity index (χ0) is 10.8. The van der Waals surface area contributed by atoms with E-state index in [0.29, 0.717) is 5.69 Å². The van der Waals surface area contributed by atoms with Gasteiger partial charge >= 0.3 is 6.01 Å². The molecule has 0 bridgehead atoms. The Morgan fingerprint density at radius 3 is 2.47 bits per heavy atom. The van der Waals surface area contributed by atoms with Crippen molar-refractivity contribution in [1.82, 2.24) is 14.8 Å². The largest absolute Gasteiger partial charge is 0.478 e. The first-order valence-corrected chi connectivity index (χ1v) is 4.02. The van der Waals surface area contributed by atoms with Crippen molar-refractivity contribution >= 4 is 5.69 Å². The number of hydrogen-bond acceptors (Lipinski definition) is 5. The zero-order valence-corrected chi connectivity index (χ0v) is 7.44. The third kappa shape index (κ3) is 1.75. The van der Waals surface area contributed by atoms with Gasteiger partial charge in [0.05, 0.1) is 10.6 Å². The van der Waals surface area contributed by atoms with Gasteiger partial charge in [0.25, 0.3) is 5.69 Å². The van der Waals surface area contributed by atoms with E-state index in [9.17, 15) is 10.1 Å². The molecular weight excluding hydrogens is 200 g/mol. The summed E-state index contributed by atoms with van der Waals surface area (Å²) in [5.74, 6) is 0. The first-order chi connectivity index (χ1) is 7.16. The van der Waals surface area contributed by atoms with Crippen LogP contribution in [0.2, 0.25) is 0 Å². The fourth-order valence-electron chi connectivity index (χ4n) is 1.11. The molecule has 1 aromatic heterocycles. The van der Waals surface area contributed by atoms with Crippen LogP contribution in [-0.4, -0.2) is 24.8 Å². The molecule has 0 aliphatic rings. The third-order valence-corrected chi connectivity index (χ3v) is 1.80. The maximum atomic E-state index is 10.4. The van der Waals surface area contributed by atoms with Crippen molar-refractivity contribution in [3.8, 4) is 11.7 Å². The summed E-state index contributed by atoms with van der Waals surface area (Å²) in [5, 5.41) is 22.9. The summed E-state index contributed by atoms with van der Waals surface area (Å²) in [6, 6.07) is 5.41. The molecule has 0 saturated carbocycles. The summed E-state index contributed by atoms with van der Waals surface area (Å²) >= 11 is 0. The molecule has 1 N–H and O–H groups in total. The van der Waals surface area contributed by atoms with Gasteiger partial charge in [-0.05, 0) is 12.1 Å². The number of nitro groups is 1. The molecule has 15 heavy (non-hydrogen) atoms. The number of nitrogens with zero attached hydrogens (tertiary/aromatic N) is 4. The van der Waals surface area contributed by atoms with E-state index in [-0.39, 0.29) is 11.7 Å². The lowest BCUT2D eigenvalue weighted by molar-refractivity contribution is -0.384. The smallest absolute Gasteiger partial charge is 0.333 e. The van der Waals surface area contributed by atoms with Crippen LogP contribution in [0.15, 0.2) is 30.6 Å². The highest BCUT2D eigenvalue weighted by Gasteiger charge is 2.05. The Bertz CT molecular complexity index is 491. The number of benzene rings is 1. The van der Waals surface area contributed by atoms with Crippen LogP contribution in [-0.2, 0) is 0 Å². The lowest BCUT2D eigenvalue weighted by Crippen LogP contribution is -1.94. The van der Waals surface area contributed by atoms with E-state index in [2.05, 4.69) is 10.1 Å². The molecule has 1 aromatic carbocycles. The molecule has 0 fully saturated rings. The normalized spacial score (nSPS) is 10.1. The number of aromatic nitrogens is 3. The molecule has 0 unspecified atom stereocenters. The van der Waals surface area contributed by atoms with Crippen LogP contribution >= 0.6 is 0 Å². The van der Waals surface area contributed by atoms with Crippen LogP contribution in [0.5, 0.6) is 6.01 Å². The van der Waals surface area contributed by atoms with Gasteiger partial charge in [0.2, 0.25) is 0 Å². The van der Waals surface area contributed by atoms with Gasteiger partial charge in [-0.25, -0.2) is 4.68 Å². The SMILES string of the molecule is O=[N+]([O-])c1ccc(-n2cnc(O)n2)cc1. The van der Waals surface area contributed by atoms with Crippen molar-refractivity contribution in [2.75, 3.05) is 0 Å². The lowest BCUT2D eigenvalue weighted by atomic mass is 10.3. The molecule has 0 spiro atoms. The molecule has 0 atom stereocenters. The minimum atomic E-state index is -0.484. The summed E-state index contributed by atoms with van der Waals surface area (Å²) < 4.78 is 1.32. The van der Waals surface area contributed by atoms with Crippen LogP contribution in [0.3, 0.4) is 0 Å². The van der Waals surface area contributed by atoms with E-state index in [1.807, 2.05) is 0 Å². The van der Waals surface area contributed by atoms with Gasteiger partial charge < -0.3 is 5.11 Å². The van der Waals surface area contributed by atoms with E-state index >= 15 is 0 Å². The summed E-state index contributed by atoms with van der Waals surface area (Å²) in [5.41, 5.74) is 0.594. The van der Waals surface area contributed by atoms with E-state index in [1.165, 1.54) is 35.3 Å². The van der Waals surface area contributed by atoms with Gasteiger partial charge in [-0.3, -0.25) is 10.1 Å². The van der Waals surface area contributed by atoms with Gasteiger partial charge in [-0.1, -0.05) is 0 Å². The van der Waals surface area contributed by atoms with Crippen molar-refractivity contribution in [2.45, 2.75) is 0 Å². The van der Waals surface area contributed by atoms with Crippen molar-refractivity contribution in [3.05, 3.63) is 40.7 Å². The molecule has 0 radical (unpaired) electrons. The van der Waals surface area contributed by atoms with Gasteiger partial charge in [-0.15, -0.1) is 5.10 Å². The van der Waals surface area contributed by atoms with Crippen LogP contribution in [0.4, 0.5) is 5.69 Å². The van der Waals surface area contributed by atoms with Crippen molar-refractivity contribution in [1.29, 1.82) is 0 Å². The monoisotopic (exact) mass is 206 g/mol. The van der Waals surface area contributed by atoms with Gasteiger partial charge in [-0.2, -0.15) is 4.98 Å². The number of nitro benzene ring substituents is 1. The summed E-state index contributed by atoms with van der Waals surface area (Å²) in [7, 11) is 0. The average molecular weight is 206 g/mol. The molecule has 0 saturated heterocycles. The Kier molecular flexibility index (Phi) is 2.05. The van der Waals surface area contributed by atoms with Gasteiger partial charge in [0, 0.05) is 12.1 Å². The van der Waals surface area contributed by atoms with Gasteiger partial charge in [0.15, 0.2) is 0 Å². The van der Waals surface area contributed by atoms with Crippen LogP contribution < -0.4 is 0 Å². The van der Waals surface area contributed by atoms with Crippen LogP contribution in [0, 0.1) is 10.1 Å². The second kappa shape index (κ2) is 3.37. The predicted molar refractivity (Wildman–Crippen MR) is 49.7 cm³/mol. The molecule has 76 valence electrons. The number of rotatable bonds is 2. The van der Waals surface area contributed by atoms with E-state index in [1.54, 1.807) is 0 Å². The highest BCUT2D eigenvalue weighted by atomic mass is 16.6. The van der Waals surface area contributed by atoms with Gasteiger partial charge in [0.1, 0.15) is 6.33 Å². The fourth-order valence-corrected chi connectivity index (χ4v) is 1.11. The minimum Gasteiger partial charge on any atom is -0.478 e. The summed E-state index contributed by atoms with van der Waals surface area (Å²) in [4.78, 5) is 13.4. The maximum absolute atomic E-state index is 10.4. The Hall–Kier alpha value is -2.44. The van der Waals surface area contributed by atoms with Crippen molar-refractivity contribution < 1.29 is 10.0 Å². The molecule has 0 amide bonds. The average Bonchev–Trinajstić information content (AvgIpc) is 2.65. The van der Waals surface area contributed by atoms with Crippen molar-refractivity contribution in [2.24, 2.45) is 0 Å². The maximum Gasteiger partial charge on any atom is 0.333 e.